The Morgan fingerprint density at radius 3 is 1.93 bits per heavy atom. The van der Waals surface area contributed by atoms with Gasteiger partial charge >= 0.3 is 0 Å². The molecular weight excluding hydrogens is 404 g/mol. The third-order valence-electron chi connectivity index (χ3n) is 6.24. The highest BCUT2D eigenvalue weighted by atomic mass is 35.5. The van der Waals surface area contributed by atoms with Crippen molar-refractivity contribution in [2.24, 2.45) is 0 Å². The Hall–Kier alpha value is -0.336. The Balaban J connectivity index is 2.80. The maximum absolute atomic E-state index is 6.45. The maximum atomic E-state index is 6.45. The molecule has 0 saturated carbocycles. The number of ether oxygens (including phenoxy) is 1. The van der Waals surface area contributed by atoms with Crippen LogP contribution in [0.4, 0.5) is 0 Å². The molecule has 1 unspecified atom stereocenters. The molecule has 1 aromatic rings. The number of hydrogen-bond acceptors (Lipinski definition) is 3. The third-order valence-corrected chi connectivity index (χ3v) is 15.5. The zero-order chi connectivity index (χ0) is 21.8. The second-order valence-electron chi connectivity index (χ2n) is 10.7. The van der Waals surface area contributed by atoms with Crippen LogP contribution < -0.4 is 4.74 Å². The van der Waals surface area contributed by atoms with Crippen LogP contribution in [0.3, 0.4) is 0 Å². The van der Waals surface area contributed by atoms with Crippen LogP contribution in [-0.2, 0) is 8.85 Å². The minimum atomic E-state index is -1.84. The third kappa shape index (κ3) is 7.83. The van der Waals surface area contributed by atoms with Gasteiger partial charge in [0.25, 0.3) is 0 Å². The van der Waals surface area contributed by atoms with Gasteiger partial charge in [0.05, 0.1) is 6.61 Å². The second-order valence-corrected chi connectivity index (χ2v) is 20.7. The van der Waals surface area contributed by atoms with Crippen LogP contribution in [0.1, 0.15) is 48.0 Å². The predicted molar refractivity (Wildman–Crippen MR) is 127 cm³/mol. The van der Waals surface area contributed by atoms with Crippen LogP contribution in [0.25, 0.3) is 0 Å². The number of rotatable bonds is 9. The average Bonchev–Trinajstić information content (AvgIpc) is 2.50. The molecule has 0 aliphatic carbocycles. The smallest absolute Gasteiger partial charge is 0.192 e. The Morgan fingerprint density at radius 1 is 0.893 bits per heavy atom. The molecule has 0 aliphatic heterocycles. The fraction of sp³-hybridized carbons (Fsp3) is 0.727. The van der Waals surface area contributed by atoms with Crippen LogP contribution in [0.15, 0.2) is 24.3 Å². The van der Waals surface area contributed by atoms with E-state index in [0.29, 0.717) is 18.2 Å². The Bertz CT molecular complexity index is 619. The molecule has 162 valence electrons. The molecule has 1 rings (SSSR count). The highest BCUT2D eigenvalue weighted by molar-refractivity contribution is 6.74. The van der Waals surface area contributed by atoms with E-state index >= 15 is 0 Å². The van der Waals surface area contributed by atoms with Crippen molar-refractivity contribution in [3.63, 3.8) is 0 Å². The molecule has 0 saturated heterocycles. The molecule has 0 heterocycles. The summed E-state index contributed by atoms with van der Waals surface area (Å²) in [5.74, 6) is 0.781. The SMILES string of the molecule is CC(C)(C)[Si](C)(C)OCCC(CO[Si](C)(C)C(C)(C)C)Oc1cccc(Cl)c1. The first-order valence-electron chi connectivity index (χ1n) is 10.3. The van der Waals surface area contributed by atoms with Crippen molar-refractivity contribution in [3.8, 4) is 5.75 Å². The molecule has 0 amide bonds. The molecular formula is C22H41ClO3Si2. The van der Waals surface area contributed by atoms with Gasteiger partial charge in [-0.1, -0.05) is 59.2 Å². The lowest BCUT2D eigenvalue weighted by Gasteiger charge is -2.38. The number of benzene rings is 1. The molecule has 0 N–H and O–H groups in total. The lowest BCUT2D eigenvalue weighted by Crippen LogP contribution is -2.44. The average molecular weight is 445 g/mol. The van der Waals surface area contributed by atoms with E-state index in [4.69, 9.17) is 25.2 Å². The van der Waals surface area contributed by atoms with Crippen LogP contribution in [-0.4, -0.2) is 36.0 Å². The molecule has 0 aromatic heterocycles. The first-order valence-corrected chi connectivity index (χ1v) is 16.4. The van der Waals surface area contributed by atoms with E-state index < -0.39 is 16.6 Å². The van der Waals surface area contributed by atoms with E-state index in [2.05, 4.69) is 67.7 Å². The predicted octanol–water partition coefficient (Wildman–Crippen LogP) is 7.52. The molecule has 6 heteroatoms. The van der Waals surface area contributed by atoms with Crippen LogP contribution in [0, 0.1) is 0 Å². The minimum Gasteiger partial charge on any atom is -0.488 e. The van der Waals surface area contributed by atoms with Gasteiger partial charge in [-0.25, -0.2) is 0 Å². The molecule has 0 bridgehead atoms. The Kier molecular flexibility index (Phi) is 8.86. The highest BCUT2D eigenvalue weighted by Gasteiger charge is 2.39. The zero-order valence-corrected chi connectivity index (χ0v) is 22.4. The molecule has 28 heavy (non-hydrogen) atoms. The Morgan fingerprint density at radius 2 is 1.43 bits per heavy atom. The fourth-order valence-corrected chi connectivity index (χ4v) is 4.37. The van der Waals surface area contributed by atoms with Gasteiger partial charge in [-0.05, 0) is 54.5 Å². The number of hydrogen-bond donors (Lipinski definition) is 0. The molecule has 0 fully saturated rings. The van der Waals surface area contributed by atoms with E-state index in [9.17, 15) is 0 Å². The van der Waals surface area contributed by atoms with Gasteiger partial charge in [-0.15, -0.1) is 0 Å². The van der Waals surface area contributed by atoms with Crippen LogP contribution in [0.2, 0.25) is 41.3 Å². The summed E-state index contributed by atoms with van der Waals surface area (Å²) in [5.41, 5.74) is 0. The molecule has 3 nitrogen and oxygen atoms in total. The molecule has 0 aliphatic rings. The first kappa shape index (κ1) is 25.7. The molecule has 1 aromatic carbocycles. The summed E-state index contributed by atoms with van der Waals surface area (Å²) in [6, 6.07) is 7.57. The summed E-state index contributed by atoms with van der Waals surface area (Å²) in [4.78, 5) is 0. The standard InChI is InChI=1S/C22H41ClO3Si2/c1-21(2,3)27(7,8)24-15-14-20(17-25-28(9,10)22(4,5)6)26-19-13-11-12-18(23)16-19/h11-13,16,20H,14-15,17H2,1-10H3. The lowest BCUT2D eigenvalue weighted by atomic mass is 10.2. The summed E-state index contributed by atoms with van der Waals surface area (Å²) in [7, 11) is -3.61. The van der Waals surface area contributed by atoms with Gasteiger partial charge < -0.3 is 13.6 Å². The fourth-order valence-electron chi connectivity index (χ4n) is 2.09. The van der Waals surface area contributed by atoms with Gasteiger partial charge in [0, 0.05) is 18.1 Å². The van der Waals surface area contributed by atoms with E-state index in [0.717, 1.165) is 12.2 Å². The van der Waals surface area contributed by atoms with Crippen molar-refractivity contribution in [3.05, 3.63) is 29.3 Å². The van der Waals surface area contributed by atoms with Gasteiger partial charge in [0.15, 0.2) is 16.6 Å². The van der Waals surface area contributed by atoms with Gasteiger partial charge in [0.2, 0.25) is 0 Å². The normalized spacial score (nSPS) is 14.8. The monoisotopic (exact) mass is 444 g/mol. The van der Waals surface area contributed by atoms with Gasteiger partial charge in [-0.3, -0.25) is 0 Å². The quantitative estimate of drug-likeness (QED) is 0.368. The molecule has 0 spiro atoms. The number of halogens is 1. The highest BCUT2D eigenvalue weighted by Crippen LogP contribution is 2.38. The van der Waals surface area contributed by atoms with Gasteiger partial charge in [0.1, 0.15) is 11.9 Å². The topological polar surface area (TPSA) is 27.7 Å². The van der Waals surface area contributed by atoms with Crippen molar-refractivity contribution in [2.45, 2.75) is 90.3 Å². The minimum absolute atomic E-state index is 0.0580. The van der Waals surface area contributed by atoms with E-state index in [1.807, 2.05) is 24.3 Å². The van der Waals surface area contributed by atoms with Gasteiger partial charge in [-0.2, -0.15) is 0 Å². The van der Waals surface area contributed by atoms with Crippen LogP contribution in [0.5, 0.6) is 5.75 Å². The summed E-state index contributed by atoms with van der Waals surface area (Å²) in [6.45, 7) is 23.9. The van der Waals surface area contributed by atoms with E-state index in [-0.39, 0.29) is 16.2 Å². The molecule has 1 atom stereocenters. The first-order chi connectivity index (χ1) is 12.6. The Labute approximate surface area is 180 Å². The zero-order valence-electron chi connectivity index (χ0n) is 19.6. The lowest BCUT2D eigenvalue weighted by molar-refractivity contribution is 0.0962. The maximum Gasteiger partial charge on any atom is 0.192 e. The summed E-state index contributed by atoms with van der Waals surface area (Å²) in [5, 5.41) is 1.05. The van der Waals surface area contributed by atoms with Crippen molar-refractivity contribution < 1.29 is 13.6 Å². The van der Waals surface area contributed by atoms with Crippen molar-refractivity contribution in [1.82, 2.24) is 0 Å². The molecule has 0 radical (unpaired) electrons. The van der Waals surface area contributed by atoms with E-state index in [1.165, 1.54) is 0 Å². The van der Waals surface area contributed by atoms with Crippen molar-refractivity contribution in [2.75, 3.05) is 13.2 Å². The summed E-state index contributed by atoms with van der Waals surface area (Å²) in [6.07, 6.45) is 0.741. The summed E-state index contributed by atoms with van der Waals surface area (Å²) < 4.78 is 19.1. The van der Waals surface area contributed by atoms with E-state index in [1.54, 1.807) is 0 Å². The second kappa shape index (κ2) is 9.65. The summed E-state index contributed by atoms with van der Waals surface area (Å²) >= 11 is 6.13. The van der Waals surface area contributed by atoms with Crippen LogP contribution >= 0.6 is 11.6 Å². The van der Waals surface area contributed by atoms with Crippen molar-refractivity contribution in [1.29, 1.82) is 0 Å². The van der Waals surface area contributed by atoms with Crippen molar-refractivity contribution >= 4 is 28.2 Å². The largest absolute Gasteiger partial charge is 0.488 e.